The van der Waals surface area contributed by atoms with Gasteiger partial charge in [0.15, 0.2) is 0 Å². The Balaban J connectivity index is 2.35. The predicted octanol–water partition coefficient (Wildman–Crippen LogP) is 2.44. The molecule has 1 aromatic heterocycles. The predicted molar refractivity (Wildman–Crippen MR) is 83.8 cm³/mol. The van der Waals surface area contributed by atoms with Crippen LogP contribution in [0.1, 0.15) is 36.2 Å². The highest BCUT2D eigenvalue weighted by Gasteiger charge is 2.21. The van der Waals surface area contributed by atoms with Crippen molar-refractivity contribution in [1.29, 1.82) is 0 Å². The van der Waals surface area contributed by atoms with Crippen LogP contribution in [-0.4, -0.2) is 45.2 Å². The summed E-state index contributed by atoms with van der Waals surface area (Å²) in [6, 6.07) is 3.77. The molecule has 0 aliphatic heterocycles. The Bertz CT molecular complexity index is 691. The second-order valence-electron chi connectivity index (χ2n) is 5.94. The molecule has 0 radical (unpaired) electrons. The van der Waals surface area contributed by atoms with Crippen molar-refractivity contribution in [2.45, 2.75) is 27.2 Å². The molecule has 6 heteroatoms. The summed E-state index contributed by atoms with van der Waals surface area (Å²) in [5.74, 6) is -0.801. The number of carbonyl (C=O) groups is 2. The Morgan fingerprint density at radius 2 is 2.09 bits per heavy atom. The van der Waals surface area contributed by atoms with Gasteiger partial charge in [0.05, 0.1) is 23.7 Å². The third kappa shape index (κ3) is 3.63. The van der Waals surface area contributed by atoms with Crippen LogP contribution in [0.4, 0.5) is 0 Å². The third-order valence-corrected chi connectivity index (χ3v) is 3.39. The molecule has 2 N–H and O–H groups in total. The molecule has 0 saturated heterocycles. The van der Waals surface area contributed by atoms with Gasteiger partial charge in [0.25, 0.3) is 5.91 Å². The minimum absolute atomic E-state index is 0.0591. The zero-order chi connectivity index (χ0) is 16.3. The first-order valence-electron chi connectivity index (χ1n) is 7.33. The summed E-state index contributed by atoms with van der Waals surface area (Å²) in [4.78, 5) is 25.3. The first kappa shape index (κ1) is 16.0. The quantitative estimate of drug-likeness (QED) is 0.858. The van der Waals surface area contributed by atoms with Gasteiger partial charge in [0.1, 0.15) is 0 Å². The molecule has 0 aliphatic carbocycles. The van der Waals surface area contributed by atoms with E-state index in [1.807, 2.05) is 32.9 Å². The van der Waals surface area contributed by atoms with Gasteiger partial charge < -0.3 is 10.0 Å². The summed E-state index contributed by atoms with van der Waals surface area (Å²) in [5.41, 5.74) is 2.21. The zero-order valence-electron chi connectivity index (χ0n) is 13.1. The van der Waals surface area contributed by atoms with Gasteiger partial charge in [-0.25, -0.2) is 0 Å². The van der Waals surface area contributed by atoms with Crippen molar-refractivity contribution in [2.75, 3.05) is 13.1 Å². The summed E-state index contributed by atoms with van der Waals surface area (Å²) in [6.45, 7) is 6.66. The van der Waals surface area contributed by atoms with E-state index in [-0.39, 0.29) is 24.8 Å². The SMILES string of the molecule is Cc1cc(C(=O)N(CCC(=O)O)CC(C)C)c2[nH]ncc2c1. The summed E-state index contributed by atoms with van der Waals surface area (Å²) in [6.07, 6.45) is 1.62. The molecule has 0 bridgehead atoms. The number of carboxylic acid groups (broad SMARTS) is 1. The van der Waals surface area contributed by atoms with Gasteiger partial charge >= 0.3 is 5.97 Å². The van der Waals surface area contributed by atoms with Crippen molar-refractivity contribution >= 4 is 22.8 Å². The largest absolute Gasteiger partial charge is 0.481 e. The number of carboxylic acids is 1. The van der Waals surface area contributed by atoms with E-state index in [1.54, 1.807) is 11.1 Å². The molecular weight excluding hydrogens is 282 g/mol. The summed E-state index contributed by atoms with van der Waals surface area (Å²) in [5, 5.41) is 16.6. The maximum atomic E-state index is 12.8. The van der Waals surface area contributed by atoms with E-state index in [0.717, 1.165) is 10.9 Å². The van der Waals surface area contributed by atoms with Gasteiger partial charge in [-0.05, 0) is 30.5 Å². The smallest absolute Gasteiger partial charge is 0.305 e. The standard InChI is InChI=1S/C16H21N3O3/c1-10(2)9-19(5-4-14(20)21)16(22)13-7-11(3)6-12-8-17-18-15(12)13/h6-8,10H,4-5,9H2,1-3H3,(H,17,18)(H,20,21). The molecular formula is C16H21N3O3. The molecule has 0 atom stereocenters. The lowest BCUT2D eigenvalue weighted by Gasteiger charge is -2.24. The molecule has 6 nitrogen and oxygen atoms in total. The Hall–Kier alpha value is -2.37. The van der Waals surface area contributed by atoms with E-state index in [2.05, 4.69) is 10.2 Å². The number of fused-ring (bicyclic) bond motifs is 1. The van der Waals surface area contributed by atoms with Gasteiger partial charge in [-0.2, -0.15) is 5.10 Å². The molecule has 2 aromatic rings. The minimum atomic E-state index is -0.905. The molecule has 0 saturated carbocycles. The highest BCUT2D eigenvalue weighted by molar-refractivity contribution is 6.05. The number of aromatic nitrogens is 2. The van der Waals surface area contributed by atoms with Gasteiger partial charge in [-0.1, -0.05) is 13.8 Å². The van der Waals surface area contributed by atoms with E-state index in [4.69, 9.17) is 5.11 Å². The van der Waals surface area contributed by atoms with Crippen LogP contribution in [0.15, 0.2) is 18.3 Å². The molecule has 118 valence electrons. The number of hydrogen-bond donors (Lipinski definition) is 2. The third-order valence-electron chi connectivity index (χ3n) is 3.39. The molecule has 1 heterocycles. The number of benzene rings is 1. The van der Waals surface area contributed by atoms with E-state index >= 15 is 0 Å². The van der Waals surface area contributed by atoms with E-state index < -0.39 is 5.97 Å². The van der Waals surface area contributed by atoms with Crippen molar-refractivity contribution in [3.63, 3.8) is 0 Å². The number of carbonyl (C=O) groups excluding carboxylic acids is 1. The molecule has 1 aromatic carbocycles. The van der Waals surface area contributed by atoms with Crippen LogP contribution < -0.4 is 0 Å². The monoisotopic (exact) mass is 303 g/mol. The molecule has 0 unspecified atom stereocenters. The van der Waals surface area contributed by atoms with Crippen LogP contribution in [0.5, 0.6) is 0 Å². The zero-order valence-corrected chi connectivity index (χ0v) is 13.1. The fourth-order valence-electron chi connectivity index (χ4n) is 2.49. The van der Waals surface area contributed by atoms with Gasteiger partial charge in [-0.3, -0.25) is 14.7 Å². The normalized spacial score (nSPS) is 11.1. The summed E-state index contributed by atoms with van der Waals surface area (Å²) in [7, 11) is 0. The molecule has 0 fully saturated rings. The number of H-pyrrole nitrogens is 1. The van der Waals surface area contributed by atoms with Crippen molar-refractivity contribution in [3.8, 4) is 0 Å². The van der Waals surface area contributed by atoms with Crippen LogP contribution in [-0.2, 0) is 4.79 Å². The Kier molecular flexibility index (Phi) is 4.80. The average Bonchev–Trinajstić information content (AvgIpc) is 2.89. The maximum absolute atomic E-state index is 12.8. The van der Waals surface area contributed by atoms with E-state index in [9.17, 15) is 9.59 Å². The average molecular weight is 303 g/mol. The van der Waals surface area contributed by atoms with Crippen LogP contribution in [0, 0.1) is 12.8 Å². The number of aromatic amines is 1. The van der Waals surface area contributed by atoms with Crippen LogP contribution in [0.25, 0.3) is 10.9 Å². The van der Waals surface area contributed by atoms with Gasteiger partial charge in [0, 0.05) is 18.5 Å². The number of nitrogens with zero attached hydrogens (tertiary/aromatic N) is 2. The van der Waals surface area contributed by atoms with E-state index in [0.29, 0.717) is 17.6 Å². The lowest BCUT2D eigenvalue weighted by molar-refractivity contribution is -0.137. The van der Waals surface area contributed by atoms with Crippen LogP contribution in [0.2, 0.25) is 0 Å². The second kappa shape index (κ2) is 6.60. The summed E-state index contributed by atoms with van der Waals surface area (Å²) >= 11 is 0. The minimum Gasteiger partial charge on any atom is -0.481 e. The molecule has 0 spiro atoms. The number of nitrogens with one attached hydrogen (secondary N) is 1. The highest BCUT2D eigenvalue weighted by Crippen LogP contribution is 2.20. The lowest BCUT2D eigenvalue weighted by atomic mass is 10.1. The fraction of sp³-hybridized carbons (Fsp3) is 0.438. The Morgan fingerprint density at radius 1 is 1.36 bits per heavy atom. The van der Waals surface area contributed by atoms with Crippen LogP contribution in [0.3, 0.4) is 0 Å². The Morgan fingerprint density at radius 3 is 2.73 bits per heavy atom. The van der Waals surface area contributed by atoms with Crippen molar-refractivity contribution < 1.29 is 14.7 Å². The molecule has 2 rings (SSSR count). The second-order valence-corrected chi connectivity index (χ2v) is 5.94. The molecule has 22 heavy (non-hydrogen) atoms. The maximum Gasteiger partial charge on any atom is 0.305 e. The highest BCUT2D eigenvalue weighted by atomic mass is 16.4. The topological polar surface area (TPSA) is 86.3 Å². The Labute approximate surface area is 129 Å². The number of amides is 1. The van der Waals surface area contributed by atoms with Gasteiger partial charge in [-0.15, -0.1) is 0 Å². The number of aliphatic carboxylic acids is 1. The number of hydrogen-bond acceptors (Lipinski definition) is 3. The molecule has 1 amide bonds. The van der Waals surface area contributed by atoms with Crippen molar-refractivity contribution in [1.82, 2.24) is 15.1 Å². The number of rotatable bonds is 6. The van der Waals surface area contributed by atoms with Crippen molar-refractivity contribution in [2.24, 2.45) is 5.92 Å². The summed E-state index contributed by atoms with van der Waals surface area (Å²) < 4.78 is 0. The van der Waals surface area contributed by atoms with Crippen molar-refractivity contribution in [3.05, 3.63) is 29.5 Å². The lowest BCUT2D eigenvalue weighted by Crippen LogP contribution is -2.36. The molecule has 0 aliphatic rings. The van der Waals surface area contributed by atoms with Crippen LogP contribution >= 0.6 is 0 Å². The van der Waals surface area contributed by atoms with E-state index in [1.165, 1.54) is 0 Å². The fourth-order valence-corrected chi connectivity index (χ4v) is 2.49. The first-order valence-corrected chi connectivity index (χ1v) is 7.33. The van der Waals surface area contributed by atoms with Gasteiger partial charge in [0.2, 0.25) is 0 Å². The number of aryl methyl sites for hydroxylation is 1. The first-order chi connectivity index (χ1) is 10.4.